The van der Waals surface area contributed by atoms with Gasteiger partial charge in [-0.2, -0.15) is 0 Å². The van der Waals surface area contributed by atoms with E-state index in [1.807, 2.05) is 0 Å². The van der Waals surface area contributed by atoms with Crippen molar-refractivity contribution in [3.8, 4) is 23.0 Å². The Bertz CT molecular complexity index is 1030. The van der Waals surface area contributed by atoms with Crippen LogP contribution in [0.2, 0.25) is 0 Å². The number of amides is 1. The first-order chi connectivity index (χ1) is 13.6. The van der Waals surface area contributed by atoms with E-state index in [2.05, 4.69) is 15.5 Å². The van der Waals surface area contributed by atoms with E-state index in [1.54, 1.807) is 42.5 Å². The van der Waals surface area contributed by atoms with E-state index in [-0.39, 0.29) is 24.2 Å². The van der Waals surface area contributed by atoms with Crippen LogP contribution in [-0.2, 0) is 4.79 Å². The SMILES string of the molecule is CC(=O)Nc1ccc(C(=O)CSc2nnc(-c3ccc4c(c3)OCO4)o2)cc1. The van der Waals surface area contributed by atoms with Crippen LogP contribution in [0.4, 0.5) is 5.69 Å². The minimum atomic E-state index is -0.163. The van der Waals surface area contributed by atoms with Crippen LogP contribution in [0.5, 0.6) is 11.5 Å². The second kappa shape index (κ2) is 7.73. The molecule has 3 aromatic rings. The van der Waals surface area contributed by atoms with E-state index >= 15 is 0 Å². The number of nitrogens with one attached hydrogen (secondary N) is 1. The largest absolute Gasteiger partial charge is 0.454 e. The molecule has 8 nitrogen and oxygen atoms in total. The molecule has 1 aromatic heterocycles. The quantitative estimate of drug-likeness (QED) is 0.499. The number of hydrogen-bond acceptors (Lipinski definition) is 8. The van der Waals surface area contributed by atoms with Gasteiger partial charge in [0.1, 0.15) is 0 Å². The average Bonchev–Trinajstić information content (AvgIpc) is 3.35. The van der Waals surface area contributed by atoms with Gasteiger partial charge in [-0.15, -0.1) is 10.2 Å². The Labute approximate surface area is 164 Å². The molecule has 0 radical (unpaired) electrons. The molecule has 0 saturated heterocycles. The molecular formula is C19H15N3O5S. The Hall–Kier alpha value is -3.33. The monoisotopic (exact) mass is 397 g/mol. The van der Waals surface area contributed by atoms with Gasteiger partial charge in [0.15, 0.2) is 17.3 Å². The zero-order chi connectivity index (χ0) is 19.5. The Balaban J connectivity index is 1.38. The summed E-state index contributed by atoms with van der Waals surface area (Å²) in [6.07, 6.45) is 0. The number of ether oxygens (including phenoxy) is 2. The summed E-state index contributed by atoms with van der Waals surface area (Å²) in [5, 5.41) is 10.9. The standard InChI is InChI=1S/C19H15N3O5S/c1-11(23)20-14-5-2-12(3-6-14)15(24)9-28-19-22-21-18(27-19)13-4-7-16-17(8-13)26-10-25-16/h2-8H,9-10H2,1H3,(H,20,23). The highest BCUT2D eigenvalue weighted by Gasteiger charge is 2.17. The van der Waals surface area contributed by atoms with Crippen LogP contribution >= 0.6 is 11.8 Å². The third-order valence-corrected chi connectivity index (χ3v) is 4.70. The lowest BCUT2D eigenvalue weighted by Crippen LogP contribution is -2.07. The zero-order valence-corrected chi connectivity index (χ0v) is 15.6. The molecule has 0 spiro atoms. The number of nitrogens with zero attached hydrogens (tertiary/aromatic N) is 2. The van der Waals surface area contributed by atoms with Crippen molar-refractivity contribution in [1.29, 1.82) is 0 Å². The van der Waals surface area contributed by atoms with E-state index in [1.165, 1.54) is 6.92 Å². The normalized spacial score (nSPS) is 12.0. The van der Waals surface area contributed by atoms with Gasteiger partial charge in [0.05, 0.1) is 5.75 Å². The maximum atomic E-state index is 12.3. The number of rotatable bonds is 6. The third kappa shape index (κ3) is 3.99. The molecule has 9 heteroatoms. The lowest BCUT2D eigenvalue weighted by molar-refractivity contribution is -0.114. The molecule has 0 bridgehead atoms. The summed E-state index contributed by atoms with van der Waals surface area (Å²) in [5.74, 6) is 1.55. The molecule has 0 saturated carbocycles. The van der Waals surface area contributed by atoms with Crippen molar-refractivity contribution in [2.45, 2.75) is 12.1 Å². The molecular weight excluding hydrogens is 382 g/mol. The Morgan fingerprint density at radius 2 is 1.86 bits per heavy atom. The molecule has 2 aromatic carbocycles. The first kappa shape index (κ1) is 18.1. The van der Waals surface area contributed by atoms with Crippen LogP contribution in [0.3, 0.4) is 0 Å². The highest BCUT2D eigenvalue weighted by atomic mass is 32.2. The second-order valence-corrected chi connectivity index (χ2v) is 6.84. The number of fused-ring (bicyclic) bond motifs is 1. The minimum absolute atomic E-state index is 0.0813. The molecule has 4 rings (SSSR count). The van der Waals surface area contributed by atoms with Gasteiger partial charge in [-0.1, -0.05) is 11.8 Å². The topological polar surface area (TPSA) is 104 Å². The first-order valence-corrected chi connectivity index (χ1v) is 9.34. The van der Waals surface area contributed by atoms with E-state index in [9.17, 15) is 9.59 Å². The van der Waals surface area contributed by atoms with Gasteiger partial charge in [0, 0.05) is 23.7 Å². The molecule has 0 aliphatic carbocycles. The molecule has 1 aliphatic rings. The van der Waals surface area contributed by atoms with Crippen LogP contribution in [0.25, 0.3) is 11.5 Å². The van der Waals surface area contributed by atoms with E-state index in [0.717, 1.165) is 11.8 Å². The number of thioether (sulfide) groups is 1. The summed E-state index contributed by atoms with van der Waals surface area (Å²) in [4.78, 5) is 23.4. The van der Waals surface area contributed by atoms with Crippen molar-refractivity contribution < 1.29 is 23.5 Å². The lowest BCUT2D eigenvalue weighted by atomic mass is 10.1. The van der Waals surface area contributed by atoms with E-state index < -0.39 is 0 Å². The summed E-state index contributed by atoms with van der Waals surface area (Å²) < 4.78 is 16.2. The molecule has 1 aliphatic heterocycles. The highest BCUT2D eigenvalue weighted by Crippen LogP contribution is 2.36. The molecule has 142 valence electrons. The number of hydrogen-bond donors (Lipinski definition) is 1. The number of anilines is 1. The Kier molecular flexibility index (Phi) is 4.98. The number of carbonyl (C=O) groups is 2. The maximum Gasteiger partial charge on any atom is 0.277 e. The van der Waals surface area contributed by atoms with Gasteiger partial charge in [-0.05, 0) is 42.5 Å². The number of aromatic nitrogens is 2. The van der Waals surface area contributed by atoms with Crippen molar-refractivity contribution in [1.82, 2.24) is 10.2 Å². The van der Waals surface area contributed by atoms with Crippen LogP contribution < -0.4 is 14.8 Å². The fourth-order valence-electron chi connectivity index (χ4n) is 2.57. The summed E-state index contributed by atoms with van der Waals surface area (Å²) in [6.45, 7) is 1.62. The third-order valence-electron chi connectivity index (χ3n) is 3.88. The van der Waals surface area contributed by atoms with Crippen LogP contribution in [0, 0.1) is 0 Å². The fourth-order valence-corrected chi connectivity index (χ4v) is 3.23. The smallest absolute Gasteiger partial charge is 0.277 e. The maximum absolute atomic E-state index is 12.3. The first-order valence-electron chi connectivity index (χ1n) is 8.36. The van der Waals surface area contributed by atoms with Crippen molar-refractivity contribution in [3.05, 3.63) is 48.0 Å². The summed E-state index contributed by atoms with van der Waals surface area (Å²) in [7, 11) is 0. The summed E-state index contributed by atoms with van der Waals surface area (Å²) in [6, 6.07) is 12.1. The predicted octanol–water partition coefficient (Wildman–Crippen LogP) is 3.40. The summed E-state index contributed by atoms with van der Waals surface area (Å²) in [5.41, 5.74) is 1.89. The van der Waals surface area contributed by atoms with Crippen molar-refractivity contribution in [2.24, 2.45) is 0 Å². The second-order valence-electron chi connectivity index (χ2n) is 5.91. The van der Waals surface area contributed by atoms with Crippen molar-refractivity contribution in [2.75, 3.05) is 17.9 Å². The molecule has 28 heavy (non-hydrogen) atoms. The van der Waals surface area contributed by atoms with Crippen molar-refractivity contribution in [3.63, 3.8) is 0 Å². The van der Waals surface area contributed by atoms with Crippen molar-refractivity contribution >= 4 is 29.1 Å². The van der Waals surface area contributed by atoms with Gasteiger partial charge >= 0.3 is 0 Å². The molecule has 0 atom stereocenters. The predicted molar refractivity (Wildman–Crippen MR) is 102 cm³/mol. The highest BCUT2D eigenvalue weighted by molar-refractivity contribution is 7.99. The Morgan fingerprint density at radius 1 is 1.07 bits per heavy atom. The molecule has 0 unspecified atom stereocenters. The number of carbonyl (C=O) groups excluding carboxylic acids is 2. The van der Waals surface area contributed by atoms with Crippen LogP contribution in [0.1, 0.15) is 17.3 Å². The molecule has 1 amide bonds. The van der Waals surface area contributed by atoms with Gasteiger partial charge in [0.2, 0.25) is 18.6 Å². The number of benzene rings is 2. The molecule has 1 N–H and O–H groups in total. The number of Topliss-reactive ketones (excluding diaryl/α,β-unsaturated/α-hetero) is 1. The zero-order valence-electron chi connectivity index (χ0n) is 14.8. The molecule has 0 fully saturated rings. The van der Waals surface area contributed by atoms with Gasteiger partial charge in [0.25, 0.3) is 5.22 Å². The van der Waals surface area contributed by atoms with Gasteiger partial charge < -0.3 is 19.2 Å². The minimum Gasteiger partial charge on any atom is -0.454 e. The Morgan fingerprint density at radius 3 is 2.64 bits per heavy atom. The molecule has 2 heterocycles. The van der Waals surface area contributed by atoms with Gasteiger partial charge in [-0.3, -0.25) is 9.59 Å². The lowest BCUT2D eigenvalue weighted by Gasteiger charge is -2.03. The van der Waals surface area contributed by atoms with E-state index in [0.29, 0.717) is 39.4 Å². The van der Waals surface area contributed by atoms with Gasteiger partial charge in [-0.25, -0.2) is 0 Å². The van der Waals surface area contributed by atoms with Crippen LogP contribution in [-0.4, -0.2) is 34.4 Å². The van der Waals surface area contributed by atoms with E-state index in [4.69, 9.17) is 13.9 Å². The number of ketones is 1. The fraction of sp³-hybridized carbons (Fsp3) is 0.158. The average molecular weight is 397 g/mol. The summed E-state index contributed by atoms with van der Waals surface area (Å²) >= 11 is 1.16. The van der Waals surface area contributed by atoms with Crippen LogP contribution in [0.15, 0.2) is 52.1 Å².